The predicted octanol–water partition coefficient (Wildman–Crippen LogP) is 2.36. The maximum absolute atomic E-state index is 12.6. The fourth-order valence-electron chi connectivity index (χ4n) is 3.12. The first-order chi connectivity index (χ1) is 11.6. The normalized spacial score (nSPS) is 22.2. The van der Waals surface area contributed by atoms with Gasteiger partial charge in [-0.15, -0.1) is 0 Å². The first-order valence-electron chi connectivity index (χ1n) is 8.11. The number of nitro benzene ring substituents is 1. The minimum absolute atomic E-state index is 0.00760. The number of carbonyl (C=O) groups excluding carboxylic acids is 1. The number of benzene rings is 1. The molecule has 24 heavy (non-hydrogen) atoms. The Bertz CT molecular complexity index is 640. The molecule has 0 bridgehead atoms. The summed E-state index contributed by atoms with van der Waals surface area (Å²) in [6.45, 7) is 1.80. The maximum atomic E-state index is 12.6. The van der Waals surface area contributed by atoms with Crippen LogP contribution >= 0.6 is 0 Å². The topological polar surface area (TPSA) is 81.9 Å². The highest BCUT2D eigenvalue weighted by Gasteiger charge is 2.35. The Balaban J connectivity index is 1.70. The zero-order valence-electron chi connectivity index (χ0n) is 13.3. The fourth-order valence-corrected chi connectivity index (χ4v) is 3.12. The molecule has 1 unspecified atom stereocenters. The van der Waals surface area contributed by atoms with Crippen molar-refractivity contribution in [2.75, 3.05) is 19.8 Å². The number of carbonyl (C=O) groups is 1. The second kappa shape index (κ2) is 7.55. The van der Waals surface area contributed by atoms with Crippen LogP contribution < -0.4 is 0 Å². The summed E-state index contributed by atoms with van der Waals surface area (Å²) in [4.78, 5) is 24.7. The molecule has 128 valence electrons. The van der Waals surface area contributed by atoms with Crippen LogP contribution in [0.15, 0.2) is 30.3 Å². The van der Waals surface area contributed by atoms with Crippen molar-refractivity contribution in [1.82, 2.24) is 4.90 Å². The lowest BCUT2D eigenvalue weighted by Gasteiger charge is -2.37. The van der Waals surface area contributed by atoms with Gasteiger partial charge in [0.1, 0.15) is 0 Å². The predicted molar refractivity (Wildman–Crippen MR) is 87.2 cm³/mol. The zero-order valence-corrected chi connectivity index (χ0v) is 13.3. The molecule has 2 heterocycles. The molecule has 1 aromatic rings. The van der Waals surface area contributed by atoms with E-state index >= 15 is 0 Å². The summed E-state index contributed by atoms with van der Waals surface area (Å²) in [6.07, 6.45) is 5.59. The van der Waals surface area contributed by atoms with E-state index in [1.54, 1.807) is 23.1 Å². The van der Waals surface area contributed by atoms with Crippen molar-refractivity contribution in [2.45, 2.75) is 31.6 Å². The molecular weight excluding hydrogens is 312 g/mol. The Hall–Kier alpha value is -2.25. The second-order valence-electron chi connectivity index (χ2n) is 5.89. The Labute approximate surface area is 140 Å². The smallest absolute Gasteiger partial charge is 0.270 e. The molecule has 7 nitrogen and oxygen atoms in total. The van der Waals surface area contributed by atoms with Crippen LogP contribution in [0.2, 0.25) is 0 Å². The van der Waals surface area contributed by atoms with E-state index in [9.17, 15) is 14.9 Å². The van der Waals surface area contributed by atoms with Crippen molar-refractivity contribution in [3.63, 3.8) is 0 Å². The van der Waals surface area contributed by atoms with Crippen LogP contribution in [0.1, 0.15) is 24.8 Å². The van der Waals surface area contributed by atoms with E-state index in [0.717, 1.165) is 19.3 Å². The minimum atomic E-state index is -0.450. The molecule has 2 fully saturated rings. The summed E-state index contributed by atoms with van der Waals surface area (Å²) in [5.41, 5.74) is 0.632. The Morgan fingerprint density at radius 3 is 2.83 bits per heavy atom. The quantitative estimate of drug-likeness (QED) is 0.480. The molecule has 0 N–H and O–H groups in total. The number of piperidine rings is 1. The number of hydrogen-bond donors (Lipinski definition) is 0. The van der Waals surface area contributed by atoms with Crippen molar-refractivity contribution in [1.29, 1.82) is 0 Å². The molecule has 0 spiro atoms. The molecule has 1 atom stereocenters. The van der Waals surface area contributed by atoms with Crippen LogP contribution in [-0.2, 0) is 14.3 Å². The number of ether oxygens (including phenoxy) is 2. The molecule has 2 saturated heterocycles. The molecular formula is C17H20N2O5. The van der Waals surface area contributed by atoms with Crippen molar-refractivity contribution >= 4 is 17.7 Å². The summed E-state index contributed by atoms with van der Waals surface area (Å²) in [6, 6.07) is 6.14. The number of amides is 1. The van der Waals surface area contributed by atoms with Gasteiger partial charge in [0, 0.05) is 24.8 Å². The van der Waals surface area contributed by atoms with Gasteiger partial charge in [0.2, 0.25) is 5.91 Å². The molecule has 0 aliphatic carbocycles. The molecule has 0 radical (unpaired) electrons. The van der Waals surface area contributed by atoms with Gasteiger partial charge >= 0.3 is 0 Å². The van der Waals surface area contributed by atoms with E-state index in [1.165, 1.54) is 18.2 Å². The highest BCUT2D eigenvalue weighted by Crippen LogP contribution is 2.25. The van der Waals surface area contributed by atoms with Gasteiger partial charge in [-0.1, -0.05) is 12.1 Å². The van der Waals surface area contributed by atoms with Crippen molar-refractivity contribution in [3.05, 3.63) is 46.0 Å². The SMILES string of the molecule is O=C(/C=C/c1cccc([N+](=O)[O-])c1)N1CCCCC1C1OCCO1. The molecule has 0 saturated carbocycles. The van der Waals surface area contributed by atoms with Gasteiger partial charge in [0.25, 0.3) is 5.69 Å². The van der Waals surface area contributed by atoms with E-state index in [-0.39, 0.29) is 23.9 Å². The third kappa shape index (κ3) is 3.80. The third-order valence-corrected chi connectivity index (χ3v) is 4.29. The zero-order chi connectivity index (χ0) is 16.9. The number of rotatable bonds is 4. The Morgan fingerprint density at radius 1 is 1.29 bits per heavy atom. The summed E-state index contributed by atoms with van der Waals surface area (Å²) in [5, 5.41) is 10.8. The molecule has 1 amide bonds. The maximum Gasteiger partial charge on any atom is 0.270 e. The Morgan fingerprint density at radius 2 is 2.08 bits per heavy atom. The average Bonchev–Trinajstić information content (AvgIpc) is 3.14. The van der Waals surface area contributed by atoms with E-state index in [2.05, 4.69) is 0 Å². The van der Waals surface area contributed by atoms with Crippen molar-refractivity contribution in [3.8, 4) is 0 Å². The molecule has 0 aromatic heterocycles. The monoisotopic (exact) mass is 332 g/mol. The highest BCUT2D eigenvalue weighted by atomic mass is 16.7. The van der Waals surface area contributed by atoms with Gasteiger partial charge in [-0.2, -0.15) is 0 Å². The third-order valence-electron chi connectivity index (χ3n) is 4.29. The number of nitrogens with zero attached hydrogens (tertiary/aromatic N) is 2. The standard InChI is InChI=1S/C17H20N2O5/c20-16(8-7-13-4-3-5-14(12-13)19(21)22)18-9-2-1-6-15(18)17-23-10-11-24-17/h3-5,7-8,12,15,17H,1-2,6,9-11H2/b8-7+. The minimum Gasteiger partial charge on any atom is -0.348 e. The van der Waals surface area contributed by atoms with E-state index in [1.807, 2.05) is 0 Å². The summed E-state index contributed by atoms with van der Waals surface area (Å²) < 4.78 is 11.1. The van der Waals surface area contributed by atoms with E-state index in [0.29, 0.717) is 25.3 Å². The number of hydrogen-bond acceptors (Lipinski definition) is 5. The van der Waals surface area contributed by atoms with Gasteiger partial charge in [0.15, 0.2) is 6.29 Å². The van der Waals surface area contributed by atoms with Gasteiger partial charge in [-0.3, -0.25) is 14.9 Å². The summed E-state index contributed by atoms with van der Waals surface area (Å²) in [5.74, 6) is -0.120. The van der Waals surface area contributed by atoms with Crippen LogP contribution in [0.25, 0.3) is 6.08 Å². The summed E-state index contributed by atoms with van der Waals surface area (Å²) in [7, 11) is 0. The molecule has 1 aromatic carbocycles. The average molecular weight is 332 g/mol. The lowest BCUT2D eigenvalue weighted by atomic mass is 10.0. The summed E-state index contributed by atoms with van der Waals surface area (Å²) >= 11 is 0. The van der Waals surface area contributed by atoms with Gasteiger partial charge < -0.3 is 14.4 Å². The first kappa shape index (κ1) is 16.6. The van der Waals surface area contributed by atoms with Gasteiger partial charge in [-0.25, -0.2) is 0 Å². The lowest BCUT2D eigenvalue weighted by Crippen LogP contribution is -2.49. The van der Waals surface area contributed by atoms with Crippen LogP contribution in [0.5, 0.6) is 0 Å². The highest BCUT2D eigenvalue weighted by molar-refractivity contribution is 5.92. The molecule has 2 aliphatic heterocycles. The van der Waals surface area contributed by atoms with E-state index in [4.69, 9.17) is 9.47 Å². The largest absolute Gasteiger partial charge is 0.348 e. The van der Waals surface area contributed by atoms with Gasteiger partial charge in [0.05, 0.1) is 24.2 Å². The second-order valence-corrected chi connectivity index (χ2v) is 5.89. The molecule has 3 rings (SSSR count). The fraction of sp³-hybridized carbons (Fsp3) is 0.471. The molecule has 2 aliphatic rings. The van der Waals surface area contributed by atoms with Crippen molar-refractivity contribution in [2.24, 2.45) is 0 Å². The number of nitro groups is 1. The van der Waals surface area contributed by atoms with Crippen LogP contribution in [0, 0.1) is 10.1 Å². The first-order valence-corrected chi connectivity index (χ1v) is 8.11. The number of likely N-dealkylation sites (tertiary alicyclic amines) is 1. The van der Waals surface area contributed by atoms with Gasteiger partial charge in [-0.05, 0) is 30.9 Å². The number of non-ortho nitro benzene ring substituents is 1. The van der Waals surface area contributed by atoms with E-state index < -0.39 is 4.92 Å². The van der Waals surface area contributed by atoms with Crippen LogP contribution in [0.4, 0.5) is 5.69 Å². The molecule has 7 heteroatoms. The lowest BCUT2D eigenvalue weighted by molar-refractivity contribution is -0.384. The Kier molecular flexibility index (Phi) is 5.22. The van der Waals surface area contributed by atoms with Crippen molar-refractivity contribution < 1.29 is 19.2 Å². The van der Waals surface area contributed by atoms with Crippen LogP contribution in [0.3, 0.4) is 0 Å². The van der Waals surface area contributed by atoms with Crippen LogP contribution in [-0.4, -0.2) is 47.8 Å².